The minimum atomic E-state index is -0.347. The lowest BCUT2D eigenvalue weighted by atomic mass is 10.2. The van der Waals surface area contributed by atoms with Gasteiger partial charge in [0.25, 0.3) is 0 Å². The van der Waals surface area contributed by atoms with Gasteiger partial charge in [0.2, 0.25) is 0 Å². The zero-order valence-corrected chi connectivity index (χ0v) is 11.0. The van der Waals surface area contributed by atoms with E-state index in [4.69, 9.17) is 4.74 Å². The summed E-state index contributed by atoms with van der Waals surface area (Å²) < 4.78 is 4.85. The van der Waals surface area contributed by atoms with Gasteiger partial charge in [-0.2, -0.15) is 0 Å². The van der Waals surface area contributed by atoms with E-state index in [0.717, 1.165) is 5.69 Å². The van der Waals surface area contributed by atoms with E-state index in [0.29, 0.717) is 18.7 Å². The molecule has 1 rings (SSSR count). The number of hydrogen-bond acceptors (Lipinski definition) is 4. The van der Waals surface area contributed by atoms with Crippen molar-refractivity contribution in [3.05, 3.63) is 36.4 Å². The van der Waals surface area contributed by atoms with Crippen LogP contribution in [0.3, 0.4) is 0 Å². The van der Waals surface area contributed by atoms with Gasteiger partial charge in [-0.1, -0.05) is 6.58 Å². The predicted molar refractivity (Wildman–Crippen MR) is 72.5 cm³/mol. The highest BCUT2D eigenvalue weighted by molar-refractivity contribution is 7.98. The average molecular weight is 251 g/mol. The van der Waals surface area contributed by atoms with Crippen LogP contribution in [-0.2, 0) is 9.53 Å². The van der Waals surface area contributed by atoms with Crippen LogP contribution in [0.25, 0.3) is 0 Å². The van der Waals surface area contributed by atoms with Crippen LogP contribution in [0.2, 0.25) is 0 Å². The van der Waals surface area contributed by atoms with E-state index < -0.39 is 0 Å². The van der Waals surface area contributed by atoms with Gasteiger partial charge >= 0.3 is 5.97 Å². The molecule has 0 fully saturated rings. The zero-order chi connectivity index (χ0) is 12.7. The zero-order valence-electron chi connectivity index (χ0n) is 10.2. The Bertz CT molecular complexity index is 387. The van der Waals surface area contributed by atoms with Crippen molar-refractivity contribution < 1.29 is 9.53 Å². The second-order valence-electron chi connectivity index (χ2n) is 3.41. The maximum Gasteiger partial charge on any atom is 0.335 e. The van der Waals surface area contributed by atoms with Crippen molar-refractivity contribution in [2.45, 2.75) is 11.8 Å². The third-order valence-electron chi connectivity index (χ3n) is 2.16. The van der Waals surface area contributed by atoms with Gasteiger partial charge < -0.3 is 10.1 Å². The molecule has 0 saturated heterocycles. The Hall–Kier alpha value is -1.42. The highest BCUT2D eigenvalue weighted by atomic mass is 32.2. The molecule has 1 aromatic carbocycles. The van der Waals surface area contributed by atoms with Crippen molar-refractivity contribution in [1.29, 1.82) is 0 Å². The van der Waals surface area contributed by atoms with Gasteiger partial charge in [0.15, 0.2) is 0 Å². The summed E-state index contributed by atoms with van der Waals surface area (Å²) in [6.07, 6.45) is 2.03. The lowest BCUT2D eigenvalue weighted by molar-refractivity contribution is -0.138. The number of hydrogen-bond donors (Lipinski definition) is 1. The Balaban J connectivity index is 2.44. The van der Waals surface area contributed by atoms with Gasteiger partial charge in [-0.15, -0.1) is 11.8 Å². The fraction of sp³-hybridized carbons (Fsp3) is 0.308. The number of anilines is 1. The van der Waals surface area contributed by atoms with Crippen molar-refractivity contribution in [1.82, 2.24) is 0 Å². The van der Waals surface area contributed by atoms with Crippen molar-refractivity contribution >= 4 is 23.4 Å². The monoisotopic (exact) mass is 251 g/mol. The minimum absolute atomic E-state index is 0.347. The minimum Gasteiger partial charge on any atom is -0.463 e. The van der Waals surface area contributed by atoms with Crippen LogP contribution in [0.4, 0.5) is 5.69 Å². The molecule has 0 aromatic heterocycles. The Labute approximate surface area is 106 Å². The van der Waals surface area contributed by atoms with Crippen LogP contribution in [0.1, 0.15) is 6.92 Å². The molecule has 0 radical (unpaired) electrons. The molecule has 0 saturated carbocycles. The molecule has 0 aliphatic carbocycles. The first kappa shape index (κ1) is 13.6. The molecular formula is C13H17NO2S. The maximum absolute atomic E-state index is 11.3. The fourth-order valence-electron chi connectivity index (χ4n) is 1.22. The summed E-state index contributed by atoms with van der Waals surface area (Å²) in [5.74, 6) is -0.347. The maximum atomic E-state index is 11.3. The molecule has 1 aromatic rings. The van der Waals surface area contributed by atoms with Gasteiger partial charge in [-0.05, 0) is 37.4 Å². The van der Waals surface area contributed by atoms with Crippen LogP contribution in [0, 0.1) is 0 Å². The molecule has 0 aliphatic heterocycles. The molecule has 0 amide bonds. The molecule has 0 aliphatic rings. The van der Waals surface area contributed by atoms with Crippen molar-refractivity contribution in [3.63, 3.8) is 0 Å². The summed E-state index contributed by atoms with van der Waals surface area (Å²) in [7, 11) is 0. The van der Waals surface area contributed by atoms with E-state index in [1.54, 1.807) is 18.7 Å². The summed E-state index contributed by atoms with van der Waals surface area (Å²) in [4.78, 5) is 12.5. The van der Waals surface area contributed by atoms with Gasteiger partial charge in [0.05, 0.1) is 6.61 Å². The summed E-state index contributed by atoms with van der Waals surface area (Å²) >= 11 is 1.69. The molecule has 0 spiro atoms. The molecule has 17 heavy (non-hydrogen) atoms. The summed E-state index contributed by atoms with van der Waals surface area (Å²) in [5, 5.41) is 3.13. The van der Waals surface area contributed by atoms with Crippen LogP contribution in [-0.4, -0.2) is 25.4 Å². The number of carbonyl (C=O) groups excluding carboxylic acids is 1. The number of nitrogens with one attached hydrogen (secondary N) is 1. The first-order chi connectivity index (χ1) is 8.17. The molecule has 0 unspecified atom stereocenters. The van der Waals surface area contributed by atoms with Gasteiger partial charge in [0.1, 0.15) is 0 Å². The normalized spacial score (nSPS) is 9.76. The molecular weight excluding hydrogens is 234 g/mol. The number of thioether (sulfide) groups is 1. The van der Waals surface area contributed by atoms with Gasteiger partial charge in [-0.3, -0.25) is 0 Å². The van der Waals surface area contributed by atoms with Crippen molar-refractivity contribution in [2.24, 2.45) is 0 Å². The van der Waals surface area contributed by atoms with Gasteiger partial charge in [-0.25, -0.2) is 4.79 Å². The molecule has 0 atom stereocenters. The molecule has 0 heterocycles. The molecule has 1 N–H and O–H groups in total. The standard InChI is InChI=1S/C13H17NO2S/c1-4-16-13(15)10(2)9-14-11-5-7-12(17-3)8-6-11/h5-8,14H,2,4,9H2,1,3H3. The van der Waals surface area contributed by atoms with Crippen LogP contribution >= 0.6 is 11.8 Å². The lowest BCUT2D eigenvalue weighted by Crippen LogP contribution is -2.14. The van der Waals surface area contributed by atoms with E-state index in [9.17, 15) is 4.79 Å². The first-order valence-electron chi connectivity index (χ1n) is 5.40. The molecule has 0 bridgehead atoms. The third kappa shape index (κ3) is 4.53. The number of rotatable bonds is 6. The van der Waals surface area contributed by atoms with E-state index >= 15 is 0 Å². The van der Waals surface area contributed by atoms with E-state index in [1.165, 1.54) is 4.90 Å². The Morgan fingerprint density at radius 1 is 1.41 bits per heavy atom. The van der Waals surface area contributed by atoms with E-state index in [2.05, 4.69) is 11.9 Å². The highest BCUT2D eigenvalue weighted by Crippen LogP contribution is 2.17. The third-order valence-corrected chi connectivity index (χ3v) is 2.90. The second kappa shape index (κ2) is 7.01. The Morgan fingerprint density at radius 3 is 2.59 bits per heavy atom. The van der Waals surface area contributed by atoms with E-state index in [1.807, 2.05) is 30.5 Å². The quantitative estimate of drug-likeness (QED) is 0.479. The summed E-state index contributed by atoms with van der Waals surface area (Å²) in [5.41, 5.74) is 1.40. The number of benzene rings is 1. The Morgan fingerprint density at radius 2 is 2.06 bits per heavy atom. The molecule has 3 nitrogen and oxygen atoms in total. The number of carbonyl (C=O) groups is 1. The molecule has 92 valence electrons. The van der Waals surface area contributed by atoms with Gasteiger partial charge in [0, 0.05) is 22.7 Å². The van der Waals surface area contributed by atoms with E-state index in [-0.39, 0.29) is 5.97 Å². The number of ether oxygens (including phenoxy) is 1. The SMILES string of the molecule is C=C(CNc1ccc(SC)cc1)C(=O)OCC. The fourth-order valence-corrected chi connectivity index (χ4v) is 1.63. The van der Waals surface area contributed by atoms with Crippen LogP contribution < -0.4 is 5.32 Å². The number of esters is 1. The van der Waals surface area contributed by atoms with Crippen LogP contribution in [0.5, 0.6) is 0 Å². The summed E-state index contributed by atoms with van der Waals surface area (Å²) in [6.45, 7) is 6.23. The van der Waals surface area contributed by atoms with Crippen LogP contribution in [0.15, 0.2) is 41.3 Å². The second-order valence-corrected chi connectivity index (χ2v) is 4.29. The van der Waals surface area contributed by atoms with Crippen molar-refractivity contribution in [2.75, 3.05) is 24.7 Å². The predicted octanol–water partition coefficient (Wildman–Crippen LogP) is 2.94. The Kier molecular flexibility index (Phi) is 5.63. The lowest BCUT2D eigenvalue weighted by Gasteiger charge is -2.08. The molecule has 4 heteroatoms. The largest absolute Gasteiger partial charge is 0.463 e. The summed E-state index contributed by atoms with van der Waals surface area (Å²) in [6, 6.07) is 8.01. The topological polar surface area (TPSA) is 38.3 Å². The average Bonchev–Trinajstić information content (AvgIpc) is 2.36. The van der Waals surface area contributed by atoms with Crippen molar-refractivity contribution in [3.8, 4) is 0 Å². The smallest absolute Gasteiger partial charge is 0.335 e. The highest BCUT2D eigenvalue weighted by Gasteiger charge is 2.06. The first-order valence-corrected chi connectivity index (χ1v) is 6.62.